The molecule has 17 heavy (non-hydrogen) atoms. The Balaban J connectivity index is 2.18. The minimum Gasteiger partial charge on any atom is -0.325 e. The molecule has 0 radical (unpaired) electrons. The number of benzene rings is 1. The second kappa shape index (κ2) is 4.73. The van der Waals surface area contributed by atoms with Crippen LogP contribution < -0.4 is 5.73 Å². The topological polar surface area (TPSA) is 26.0 Å². The maximum atomic E-state index is 13.1. The van der Waals surface area contributed by atoms with Gasteiger partial charge in [-0.3, -0.25) is 0 Å². The van der Waals surface area contributed by atoms with Crippen LogP contribution in [0.4, 0.5) is 8.78 Å². The van der Waals surface area contributed by atoms with E-state index >= 15 is 0 Å². The highest BCUT2D eigenvalue weighted by Gasteiger charge is 2.34. The predicted molar refractivity (Wildman–Crippen MR) is 64.6 cm³/mol. The molecule has 1 aromatic carbocycles. The fourth-order valence-electron chi connectivity index (χ4n) is 2.79. The van der Waals surface area contributed by atoms with E-state index in [0.29, 0.717) is 17.9 Å². The van der Waals surface area contributed by atoms with Gasteiger partial charge in [-0.1, -0.05) is 19.8 Å². The maximum absolute atomic E-state index is 13.1. The lowest BCUT2D eigenvalue weighted by Gasteiger charge is -2.39. The highest BCUT2D eigenvalue weighted by atomic mass is 19.1. The smallest absolute Gasteiger partial charge is 0.126 e. The Labute approximate surface area is 101 Å². The van der Waals surface area contributed by atoms with Gasteiger partial charge in [-0.2, -0.15) is 0 Å². The van der Waals surface area contributed by atoms with Gasteiger partial charge in [-0.05, 0) is 42.9 Å². The fraction of sp³-hybridized carbons (Fsp3) is 0.571. The van der Waals surface area contributed by atoms with Gasteiger partial charge in [-0.25, -0.2) is 8.78 Å². The van der Waals surface area contributed by atoms with Gasteiger partial charge in [0.25, 0.3) is 0 Å². The summed E-state index contributed by atoms with van der Waals surface area (Å²) in [6, 6.07) is 3.68. The Morgan fingerprint density at radius 2 is 1.88 bits per heavy atom. The van der Waals surface area contributed by atoms with Crippen LogP contribution in [-0.4, -0.2) is 5.54 Å². The molecule has 1 nitrogen and oxygen atoms in total. The third kappa shape index (κ3) is 2.83. The second-order valence-electron chi connectivity index (χ2n) is 5.33. The van der Waals surface area contributed by atoms with E-state index in [4.69, 9.17) is 5.73 Å². The van der Waals surface area contributed by atoms with Crippen LogP contribution >= 0.6 is 0 Å². The Morgan fingerprint density at radius 1 is 1.24 bits per heavy atom. The summed E-state index contributed by atoms with van der Waals surface area (Å²) in [4.78, 5) is 0. The van der Waals surface area contributed by atoms with Gasteiger partial charge in [0.15, 0.2) is 0 Å². The van der Waals surface area contributed by atoms with Crippen LogP contribution in [-0.2, 0) is 6.42 Å². The van der Waals surface area contributed by atoms with Crippen LogP contribution in [0, 0.1) is 17.6 Å². The van der Waals surface area contributed by atoms with E-state index in [-0.39, 0.29) is 5.54 Å². The summed E-state index contributed by atoms with van der Waals surface area (Å²) in [5, 5.41) is 0. The maximum Gasteiger partial charge on any atom is 0.126 e. The molecule has 2 atom stereocenters. The standard InChI is InChI=1S/C14H19F2N/c1-10-4-2-3-5-14(10,17)9-11-6-12(15)8-13(16)7-11/h6-8,10H,2-5,9,17H2,1H3. The van der Waals surface area contributed by atoms with Crippen LogP contribution in [0.15, 0.2) is 18.2 Å². The van der Waals surface area contributed by atoms with Crippen molar-refractivity contribution in [3.8, 4) is 0 Å². The molecular weight excluding hydrogens is 220 g/mol. The molecule has 0 bridgehead atoms. The van der Waals surface area contributed by atoms with Crippen molar-refractivity contribution in [2.45, 2.75) is 44.6 Å². The summed E-state index contributed by atoms with van der Waals surface area (Å²) in [6.45, 7) is 2.13. The van der Waals surface area contributed by atoms with Crippen LogP contribution in [0.5, 0.6) is 0 Å². The van der Waals surface area contributed by atoms with Crippen molar-refractivity contribution in [1.29, 1.82) is 0 Å². The van der Waals surface area contributed by atoms with Crippen molar-refractivity contribution in [2.75, 3.05) is 0 Å². The summed E-state index contributed by atoms with van der Waals surface area (Å²) in [6.07, 6.45) is 4.92. The minimum absolute atomic E-state index is 0.307. The summed E-state index contributed by atoms with van der Waals surface area (Å²) < 4.78 is 26.2. The highest BCUT2D eigenvalue weighted by molar-refractivity contribution is 5.21. The number of halogens is 2. The first-order valence-electron chi connectivity index (χ1n) is 6.23. The van der Waals surface area contributed by atoms with Crippen molar-refractivity contribution in [2.24, 2.45) is 11.7 Å². The molecule has 1 aromatic rings. The van der Waals surface area contributed by atoms with Gasteiger partial charge >= 0.3 is 0 Å². The van der Waals surface area contributed by atoms with E-state index < -0.39 is 11.6 Å². The molecule has 1 saturated carbocycles. The number of rotatable bonds is 2. The predicted octanol–water partition coefficient (Wildman–Crippen LogP) is 3.41. The van der Waals surface area contributed by atoms with Gasteiger partial charge < -0.3 is 5.73 Å². The summed E-state index contributed by atoms with van der Waals surface area (Å²) >= 11 is 0. The summed E-state index contributed by atoms with van der Waals surface area (Å²) in [7, 11) is 0. The Morgan fingerprint density at radius 3 is 2.47 bits per heavy atom. The zero-order valence-corrected chi connectivity index (χ0v) is 10.2. The first-order chi connectivity index (χ1) is 7.99. The lowest BCUT2D eigenvalue weighted by Crippen LogP contribution is -2.49. The molecule has 0 spiro atoms. The molecule has 2 unspecified atom stereocenters. The van der Waals surface area contributed by atoms with Crippen molar-refractivity contribution in [1.82, 2.24) is 0 Å². The Kier molecular flexibility index (Phi) is 3.48. The lowest BCUT2D eigenvalue weighted by atomic mass is 9.71. The monoisotopic (exact) mass is 239 g/mol. The number of nitrogens with two attached hydrogens (primary N) is 1. The van der Waals surface area contributed by atoms with Crippen molar-refractivity contribution in [3.05, 3.63) is 35.4 Å². The van der Waals surface area contributed by atoms with E-state index in [1.807, 2.05) is 0 Å². The van der Waals surface area contributed by atoms with Crippen LogP contribution in [0.3, 0.4) is 0 Å². The SMILES string of the molecule is CC1CCCCC1(N)Cc1cc(F)cc(F)c1. The third-order valence-electron chi connectivity index (χ3n) is 3.97. The third-order valence-corrected chi connectivity index (χ3v) is 3.97. The zero-order valence-electron chi connectivity index (χ0n) is 10.2. The molecule has 94 valence electrons. The molecule has 0 heterocycles. The first-order valence-corrected chi connectivity index (χ1v) is 6.23. The molecule has 1 aliphatic carbocycles. The largest absolute Gasteiger partial charge is 0.325 e. The van der Waals surface area contributed by atoms with Gasteiger partial charge in [0.05, 0.1) is 0 Å². The van der Waals surface area contributed by atoms with Gasteiger partial charge in [0.2, 0.25) is 0 Å². The molecule has 0 aromatic heterocycles. The van der Waals surface area contributed by atoms with E-state index in [1.54, 1.807) is 0 Å². The minimum atomic E-state index is -0.521. The molecule has 2 N–H and O–H groups in total. The molecule has 1 aliphatic rings. The molecule has 0 aliphatic heterocycles. The molecule has 3 heteroatoms. The molecule has 2 rings (SSSR count). The first kappa shape index (κ1) is 12.5. The molecule has 0 amide bonds. The fourth-order valence-corrected chi connectivity index (χ4v) is 2.79. The Hall–Kier alpha value is -0.960. The zero-order chi connectivity index (χ0) is 12.5. The van der Waals surface area contributed by atoms with E-state index in [9.17, 15) is 8.78 Å². The second-order valence-corrected chi connectivity index (χ2v) is 5.33. The summed E-state index contributed by atoms with van der Waals surface area (Å²) in [5.41, 5.74) is 6.75. The summed E-state index contributed by atoms with van der Waals surface area (Å²) in [5.74, 6) is -0.637. The van der Waals surface area contributed by atoms with E-state index in [1.165, 1.54) is 18.6 Å². The van der Waals surface area contributed by atoms with Gasteiger partial charge in [0, 0.05) is 11.6 Å². The normalized spacial score (nSPS) is 29.3. The average Bonchev–Trinajstić information content (AvgIpc) is 2.21. The van der Waals surface area contributed by atoms with Crippen molar-refractivity contribution >= 4 is 0 Å². The molecular formula is C14H19F2N. The lowest BCUT2D eigenvalue weighted by molar-refractivity contribution is 0.203. The van der Waals surface area contributed by atoms with Crippen LogP contribution in [0.25, 0.3) is 0 Å². The van der Waals surface area contributed by atoms with E-state index in [0.717, 1.165) is 25.3 Å². The van der Waals surface area contributed by atoms with Crippen LogP contribution in [0.2, 0.25) is 0 Å². The highest BCUT2D eigenvalue weighted by Crippen LogP contribution is 2.34. The van der Waals surface area contributed by atoms with E-state index in [2.05, 4.69) is 6.92 Å². The molecule has 1 fully saturated rings. The average molecular weight is 239 g/mol. The van der Waals surface area contributed by atoms with Crippen molar-refractivity contribution in [3.63, 3.8) is 0 Å². The van der Waals surface area contributed by atoms with Crippen LogP contribution in [0.1, 0.15) is 38.2 Å². The quantitative estimate of drug-likeness (QED) is 0.840. The van der Waals surface area contributed by atoms with Gasteiger partial charge in [0.1, 0.15) is 11.6 Å². The van der Waals surface area contributed by atoms with Crippen molar-refractivity contribution < 1.29 is 8.78 Å². The number of hydrogen-bond donors (Lipinski definition) is 1. The molecule has 0 saturated heterocycles. The Bertz CT molecular complexity index is 385. The number of hydrogen-bond acceptors (Lipinski definition) is 1. The van der Waals surface area contributed by atoms with Gasteiger partial charge in [-0.15, -0.1) is 0 Å².